The maximum atomic E-state index is 6.06. The topological polar surface area (TPSA) is 21.3 Å². The Morgan fingerprint density at radius 1 is 1.50 bits per heavy atom. The molecular weight excluding hydrogens is 222 g/mol. The molecule has 1 saturated heterocycles. The zero-order valence-corrected chi connectivity index (χ0v) is 10.4. The minimum absolute atomic E-state index is 0.452. The summed E-state index contributed by atoms with van der Waals surface area (Å²) in [7, 11) is 0. The summed E-state index contributed by atoms with van der Waals surface area (Å²) in [4.78, 5) is 0. The van der Waals surface area contributed by atoms with Crippen LogP contribution in [0.3, 0.4) is 0 Å². The van der Waals surface area contributed by atoms with Crippen molar-refractivity contribution in [3.63, 3.8) is 0 Å². The van der Waals surface area contributed by atoms with Crippen LogP contribution in [0.4, 0.5) is 5.69 Å². The lowest BCUT2D eigenvalue weighted by Gasteiger charge is -2.11. The van der Waals surface area contributed by atoms with Gasteiger partial charge in [0, 0.05) is 23.9 Å². The van der Waals surface area contributed by atoms with Gasteiger partial charge in [0.1, 0.15) is 0 Å². The predicted molar refractivity (Wildman–Crippen MR) is 68.3 cm³/mol. The van der Waals surface area contributed by atoms with Gasteiger partial charge in [-0.2, -0.15) is 0 Å². The largest absolute Gasteiger partial charge is 0.385 e. The minimum atomic E-state index is 0.452. The van der Waals surface area contributed by atoms with Crippen LogP contribution in [0.15, 0.2) is 18.2 Å². The monoisotopic (exact) mass is 239 g/mol. The van der Waals surface area contributed by atoms with Crippen LogP contribution in [0, 0.1) is 6.92 Å². The SMILES string of the molecule is Cc1ccc(NCCC2CCCO2)cc1Cl. The molecule has 88 valence electrons. The van der Waals surface area contributed by atoms with E-state index in [1.807, 2.05) is 19.1 Å². The second kappa shape index (κ2) is 5.55. The van der Waals surface area contributed by atoms with E-state index in [0.29, 0.717) is 6.10 Å². The normalized spacial score (nSPS) is 20.0. The summed E-state index contributed by atoms with van der Waals surface area (Å²) in [6.45, 7) is 3.89. The summed E-state index contributed by atoms with van der Waals surface area (Å²) in [5, 5.41) is 4.20. The van der Waals surface area contributed by atoms with Crippen molar-refractivity contribution in [2.75, 3.05) is 18.5 Å². The molecule has 1 unspecified atom stereocenters. The smallest absolute Gasteiger partial charge is 0.0592 e. The van der Waals surface area contributed by atoms with Gasteiger partial charge in [-0.05, 0) is 43.9 Å². The van der Waals surface area contributed by atoms with Gasteiger partial charge in [0.05, 0.1) is 6.10 Å². The predicted octanol–water partition coefficient (Wildman–Crippen LogP) is 3.63. The van der Waals surface area contributed by atoms with Crippen molar-refractivity contribution in [1.29, 1.82) is 0 Å². The number of halogens is 1. The van der Waals surface area contributed by atoms with Gasteiger partial charge in [0.15, 0.2) is 0 Å². The summed E-state index contributed by atoms with van der Waals surface area (Å²) < 4.78 is 5.57. The van der Waals surface area contributed by atoms with Crippen molar-refractivity contribution < 1.29 is 4.74 Å². The average Bonchev–Trinajstić information content (AvgIpc) is 2.76. The molecule has 1 aliphatic heterocycles. The molecule has 0 aliphatic carbocycles. The van der Waals surface area contributed by atoms with E-state index in [1.54, 1.807) is 0 Å². The van der Waals surface area contributed by atoms with E-state index in [2.05, 4.69) is 11.4 Å². The first-order chi connectivity index (χ1) is 7.75. The number of benzene rings is 1. The zero-order valence-electron chi connectivity index (χ0n) is 9.63. The van der Waals surface area contributed by atoms with Crippen LogP contribution in [-0.2, 0) is 4.74 Å². The van der Waals surface area contributed by atoms with Crippen molar-refractivity contribution in [2.45, 2.75) is 32.3 Å². The molecule has 1 aliphatic rings. The summed E-state index contributed by atoms with van der Waals surface area (Å²) in [6.07, 6.45) is 3.94. The maximum Gasteiger partial charge on any atom is 0.0592 e. The fraction of sp³-hybridized carbons (Fsp3) is 0.538. The molecule has 2 nitrogen and oxygen atoms in total. The molecule has 1 heterocycles. The number of nitrogens with one attached hydrogen (secondary N) is 1. The van der Waals surface area contributed by atoms with Gasteiger partial charge < -0.3 is 10.1 Å². The van der Waals surface area contributed by atoms with Crippen LogP contribution in [0.5, 0.6) is 0 Å². The first kappa shape index (κ1) is 11.7. The van der Waals surface area contributed by atoms with Crippen LogP contribution >= 0.6 is 11.6 Å². The quantitative estimate of drug-likeness (QED) is 0.867. The summed E-state index contributed by atoms with van der Waals surface area (Å²) in [5.41, 5.74) is 2.21. The highest BCUT2D eigenvalue weighted by atomic mass is 35.5. The van der Waals surface area contributed by atoms with Crippen molar-refractivity contribution >= 4 is 17.3 Å². The van der Waals surface area contributed by atoms with Crippen molar-refractivity contribution in [3.05, 3.63) is 28.8 Å². The molecule has 16 heavy (non-hydrogen) atoms. The Hall–Kier alpha value is -0.730. The Morgan fingerprint density at radius 3 is 3.06 bits per heavy atom. The highest BCUT2D eigenvalue weighted by Crippen LogP contribution is 2.20. The number of aryl methyl sites for hydroxylation is 1. The van der Waals surface area contributed by atoms with Gasteiger partial charge in [-0.25, -0.2) is 0 Å². The molecule has 1 aromatic carbocycles. The van der Waals surface area contributed by atoms with Gasteiger partial charge in [0.2, 0.25) is 0 Å². The Morgan fingerprint density at radius 2 is 2.38 bits per heavy atom. The lowest BCUT2D eigenvalue weighted by atomic mass is 10.2. The third-order valence-electron chi connectivity index (χ3n) is 2.99. The number of rotatable bonds is 4. The average molecular weight is 240 g/mol. The van der Waals surface area contributed by atoms with Gasteiger partial charge in [-0.1, -0.05) is 17.7 Å². The van der Waals surface area contributed by atoms with Crippen LogP contribution in [0.2, 0.25) is 5.02 Å². The molecule has 0 aromatic heterocycles. The van der Waals surface area contributed by atoms with Gasteiger partial charge in [0.25, 0.3) is 0 Å². The minimum Gasteiger partial charge on any atom is -0.385 e. The lowest BCUT2D eigenvalue weighted by molar-refractivity contribution is 0.107. The Kier molecular flexibility index (Phi) is 4.08. The fourth-order valence-electron chi connectivity index (χ4n) is 1.95. The summed E-state index contributed by atoms with van der Waals surface area (Å²) in [6, 6.07) is 6.08. The van der Waals surface area contributed by atoms with E-state index >= 15 is 0 Å². The van der Waals surface area contributed by atoms with Crippen LogP contribution in [0.25, 0.3) is 0 Å². The number of anilines is 1. The lowest BCUT2D eigenvalue weighted by Crippen LogP contribution is -2.12. The molecule has 1 aromatic rings. The molecule has 0 amide bonds. The van der Waals surface area contributed by atoms with E-state index in [1.165, 1.54) is 12.8 Å². The molecule has 1 atom stereocenters. The van der Waals surface area contributed by atoms with E-state index in [0.717, 1.165) is 35.8 Å². The highest BCUT2D eigenvalue weighted by molar-refractivity contribution is 6.31. The van der Waals surface area contributed by atoms with Gasteiger partial charge in [-0.15, -0.1) is 0 Å². The molecule has 0 spiro atoms. The maximum absolute atomic E-state index is 6.06. The molecule has 1 fully saturated rings. The van der Waals surface area contributed by atoms with E-state index in [4.69, 9.17) is 16.3 Å². The fourth-order valence-corrected chi connectivity index (χ4v) is 2.13. The van der Waals surface area contributed by atoms with Crippen LogP contribution in [0.1, 0.15) is 24.8 Å². The number of ether oxygens (including phenoxy) is 1. The van der Waals surface area contributed by atoms with E-state index < -0.39 is 0 Å². The molecule has 0 bridgehead atoms. The molecule has 3 heteroatoms. The van der Waals surface area contributed by atoms with Crippen LogP contribution in [-0.4, -0.2) is 19.3 Å². The van der Waals surface area contributed by atoms with Crippen molar-refractivity contribution in [3.8, 4) is 0 Å². The highest BCUT2D eigenvalue weighted by Gasteiger charge is 2.14. The molecular formula is C13H18ClNO. The van der Waals surface area contributed by atoms with Crippen molar-refractivity contribution in [1.82, 2.24) is 0 Å². The molecule has 0 saturated carbocycles. The second-order valence-electron chi connectivity index (χ2n) is 4.31. The zero-order chi connectivity index (χ0) is 11.4. The Labute approximate surface area is 102 Å². The van der Waals surface area contributed by atoms with Crippen LogP contribution < -0.4 is 5.32 Å². The number of hydrogen-bond donors (Lipinski definition) is 1. The summed E-state index contributed by atoms with van der Waals surface area (Å²) in [5.74, 6) is 0. The first-order valence-corrected chi connectivity index (χ1v) is 6.25. The first-order valence-electron chi connectivity index (χ1n) is 5.87. The Bertz CT molecular complexity index is 348. The second-order valence-corrected chi connectivity index (χ2v) is 4.72. The summed E-state index contributed by atoms with van der Waals surface area (Å²) >= 11 is 6.06. The third-order valence-corrected chi connectivity index (χ3v) is 3.40. The molecule has 2 rings (SSSR count). The third kappa shape index (κ3) is 3.13. The molecule has 1 N–H and O–H groups in total. The van der Waals surface area contributed by atoms with E-state index in [-0.39, 0.29) is 0 Å². The number of hydrogen-bond acceptors (Lipinski definition) is 2. The van der Waals surface area contributed by atoms with Crippen molar-refractivity contribution in [2.24, 2.45) is 0 Å². The van der Waals surface area contributed by atoms with E-state index in [9.17, 15) is 0 Å². The van der Waals surface area contributed by atoms with Gasteiger partial charge >= 0.3 is 0 Å². The molecule has 0 radical (unpaired) electrons. The standard InChI is InChI=1S/C13H18ClNO/c1-10-4-5-11(9-13(10)14)15-7-6-12-3-2-8-16-12/h4-5,9,12,15H,2-3,6-8H2,1H3. The van der Waals surface area contributed by atoms with Gasteiger partial charge in [-0.3, -0.25) is 0 Å². The Balaban J connectivity index is 1.78.